The largest absolute Gasteiger partial charge is 0.481 e. The van der Waals surface area contributed by atoms with Gasteiger partial charge in [-0.3, -0.25) is 14.4 Å². The Bertz CT molecular complexity index is 656. The van der Waals surface area contributed by atoms with Crippen LogP contribution in [-0.4, -0.2) is 46.9 Å². The average Bonchev–Trinajstić information content (AvgIpc) is 3.06. The molecule has 134 valence electrons. The second kappa shape index (κ2) is 7.68. The lowest BCUT2D eigenvalue weighted by atomic mass is 9.97. The number of carbonyl (C=O) groups excluding carboxylic acids is 2. The highest BCUT2D eigenvalue weighted by atomic mass is 16.4. The first kappa shape index (κ1) is 17.5. The summed E-state index contributed by atoms with van der Waals surface area (Å²) in [4.78, 5) is 39.1. The Hall–Kier alpha value is -2.37. The zero-order chi connectivity index (χ0) is 17.8. The van der Waals surface area contributed by atoms with Gasteiger partial charge >= 0.3 is 5.97 Å². The molecule has 3 rings (SSSR count). The molecular weight excluding hydrogens is 320 g/mol. The molecule has 2 fully saturated rings. The summed E-state index contributed by atoms with van der Waals surface area (Å²) >= 11 is 0. The maximum absolute atomic E-state index is 12.8. The van der Waals surface area contributed by atoms with Crippen LogP contribution in [0.2, 0.25) is 0 Å². The summed E-state index contributed by atoms with van der Waals surface area (Å²) in [5.74, 6) is -0.740. The summed E-state index contributed by atoms with van der Waals surface area (Å²) in [7, 11) is 0. The zero-order valence-electron chi connectivity index (χ0n) is 14.3. The van der Waals surface area contributed by atoms with E-state index >= 15 is 0 Å². The lowest BCUT2D eigenvalue weighted by molar-refractivity contribution is -0.137. The molecule has 0 spiro atoms. The molecule has 0 saturated carbocycles. The van der Waals surface area contributed by atoms with Crippen molar-refractivity contribution >= 4 is 23.5 Å². The number of benzene rings is 1. The molecule has 2 amide bonds. The molecule has 0 radical (unpaired) electrons. The Morgan fingerprint density at radius 2 is 1.84 bits per heavy atom. The van der Waals surface area contributed by atoms with E-state index in [1.807, 2.05) is 17.0 Å². The fourth-order valence-corrected chi connectivity index (χ4v) is 3.73. The number of nitrogens with zero attached hydrogens (tertiary/aromatic N) is 2. The van der Waals surface area contributed by atoms with Crippen molar-refractivity contribution in [1.29, 1.82) is 0 Å². The van der Waals surface area contributed by atoms with Crippen LogP contribution in [-0.2, 0) is 9.59 Å². The number of likely N-dealkylation sites (tertiary alicyclic amines) is 1. The van der Waals surface area contributed by atoms with Crippen LogP contribution in [0.4, 0.5) is 5.69 Å². The van der Waals surface area contributed by atoms with Crippen LogP contribution in [0, 0.1) is 0 Å². The lowest BCUT2D eigenvalue weighted by Gasteiger charge is -2.35. The first-order valence-electron chi connectivity index (χ1n) is 8.99. The third kappa shape index (κ3) is 4.00. The van der Waals surface area contributed by atoms with Crippen LogP contribution < -0.4 is 4.90 Å². The van der Waals surface area contributed by atoms with Crippen molar-refractivity contribution in [2.24, 2.45) is 0 Å². The molecule has 1 aromatic carbocycles. The molecule has 1 atom stereocenters. The van der Waals surface area contributed by atoms with E-state index in [9.17, 15) is 14.4 Å². The van der Waals surface area contributed by atoms with Gasteiger partial charge < -0.3 is 14.9 Å². The standard InChI is InChI=1S/C19H24N2O4/c22-17-5-3-13-20(17)16-8-6-14(7-9-16)19(25)21-12-2-1-4-15(21)10-11-18(23)24/h6-9,15H,1-5,10-13H2,(H,23,24)/t15-/m1/s1. The minimum Gasteiger partial charge on any atom is -0.481 e. The average molecular weight is 344 g/mol. The van der Waals surface area contributed by atoms with E-state index in [2.05, 4.69) is 0 Å². The molecule has 0 bridgehead atoms. The molecule has 2 heterocycles. The van der Waals surface area contributed by atoms with Gasteiger partial charge in [0.15, 0.2) is 0 Å². The molecule has 2 aliphatic heterocycles. The number of anilines is 1. The molecule has 6 nitrogen and oxygen atoms in total. The maximum Gasteiger partial charge on any atom is 0.303 e. The van der Waals surface area contributed by atoms with Gasteiger partial charge in [-0.2, -0.15) is 0 Å². The Kier molecular flexibility index (Phi) is 5.36. The highest BCUT2D eigenvalue weighted by Gasteiger charge is 2.28. The van der Waals surface area contributed by atoms with Crippen LogP contribution in [0.1, 0.15) is 55.3 Å². The van der Waals surface area contributed by atoms with Gasteiger partial charge in [-0.1, -0.05) is 0 Å². The molecule has 2 aliphatic rings. The van der Waals surface area contributed by atoms with Crippen molar-refractivity contribution < 1.29 is 19.5 Å². The summed E-state index contributed by atoms with van der Waals surface area (Å²) in [6.45, 7) is 1.41. The molecule has 0 aromatic heterocycles. The summed E-state index contributed by atoms with van der Waals surface area (Å²) in [5.41, 5.74) is 1.43. The van der Waals surface area contributed by atoms with E-state index in [4.69, 9.17) is 5.11 Å². The number of hydrogen-bond donors (Lipinski definition) is 1. The third-order valence-electron chi connectivity index (χ3n) is 5.08. The predicted molar refractivity (Wildman–Crippen MR) is 93.6 cm³/mol. The molecule has 1 N–H and O–H groups in total. The monoisotopic (exact) mass is 344 g/mol. The minimum absolute atomic E-state index is 0.00261. The number of carboxylic acid groups (broad SMARTS) is 1. The summed E-state index contributed by atoms with van der Waals surface area (Å²) in [6.07, 6.45) is 4.89. The molecular formula is C19H24N2O4. The van der Waals surface area contributed by atoms with Gasteiger partial charge in [0.1, 0.15) is 0 Å². The Balaban J connectivity index is 1.70. The summed E-state index contributed by atoms with van der Waals surface area (Å²) < 4.78 is 0. The second-order valence-electron chi connectivity index (χ2n) is 6.78. The van der Waals surface area contributed by atoms with E-state index in [0.29, 0.717) is 24.9 Å². The van der Waals surface area contributed by atoms with Crippen molar-refractivity contribution in [3.05, 3.63) is 29.8 Å². The van der Waals surface area contributed by atoms with Crippen molar-refractivity contribution in [1.82, 2.24) is 4.90 Å². The Morgan fingerprint density at radius 3 is 2.48 bits per heavy atom. The normalized spacial score (nSPS) is 20.8. The number of aliphatic carboxylic acids is 1. The van der Waals surface area contributed by atoms with Gasteiger partial charge in [0.2, 0.25) is 5.91 Å². The van der Waals surface area contributed by atoms with Crippen LogP contribution in [0.25, 0.3) is 0 Å². The smallest absolute Gasteiger partial charge is 0.303 e. The topological polar surface area (TPSA) is 77.9 Å². The van der Waals surface area contributed by atoms with E-state index in [-0.39, 0.29) is 24.3 Å². The first-order valence-corrected chi connectivity index (χ1v) is 8.99. The van der Waals surface area contributed by atoms with Gasteiger partial charge in [-0.05, 0) is 56.4 Å². The quantitative estimate of drug-likeness (QED) is 0.891. The van der Waals surface area contributed by atoms with Gasteiger partial charge in [0.25, 0.3) is 5.91 Å². The Labute approximate surface area is 147 Å². The summed E-state index contributed by atoms with van der Waals surface area (Å²) in [5, 5.41) is 8.91. The van der Waals surface area contributed by atoms with Crippen LogP contribution in [0.3, 0.4) is 0 Å². The van der Waals surface area contributed by atoms with Crippen molar-refractivity contribution in [2.45, 2.75) is 51.0 Å². The second-order valence-corrected chi connectivity index (χ2v) is 6.78. The maximum atomic E-state index is 12.8. The SMILES string of the molecule is O=C(O)CC[C@H]1CCCCN1C(=O)c1ccc(N2CCCC2=O)cc1. The van der Waals surface area contributed by atoms with Gasteiger partial charge in [0, 0.05) is 43.2 Å². The summed E-state index contributed by atoms with van der Waals surface area (Å²) in [6, 6.07) is 7.19. The van der Waals surface area contributed by atoms with Crippen LogP contribution >= 0.6 is 0 Å². The number of carbonyl (C=O) groups is 3. The molecule has 1 aromatic rings. The predicted octanol–water partition coefficient (Wildman–Crippen LogP) is 2.67. The van der Waals surface area contributed by atoms with Gasteiger partial charge in [-0.15, -0.1) is 0 Å². The zero-order valence-corrected chi connectivity index (χ0v) is 14.3. The van der Waals surface area contributed by atoms with Crippen LogP contribution in [0.15, 0.2) is 24.3 Å². The lowest BCUT2D eigenvalue weighted by Crippen LogP contribution is -2.44. The number of amides is 2. The highest BCUT2D eigenvalue weighted by molar-refractivity contribution is 5.97. The number of rotatable bonds is 5. The number of hydrogen-bond acceptors (Lipinski definition) is 3. The van der Waals surface area contributed by atoms with Crippen molar-refractivity contribution in [3.8, 4) is 0 Å². The molecule has 0 aliphatic carbocycles. The van der Waals surface area contributed by atoms with Crippen molar-refractivity contribution in [3.63, 3.8) is 0 Å². The molecule has 6 heteroatoms. The number of carboxylic acids is 1. The first-order chi connectivity index (χ1) is 12.1. The molecule has 25 heavy (non-hydrogen) atoms. The third-order valence-corrected chi connectivity index (χ3v) is 5.08. The van der Waals surface area contributed by atoms with E-state index < -0.39 is 5.97 Å². The fraction of sp³-hybridized carbons (Fsp3) is 0.526. The molecule has 0 unspecified atom stereocenters. The van der Waals surface area contributed by atoms with E-state index in [1.165, 1.54) is 0 Å². The van der Waals surface area contributed by atoms with Crippen molar-refractivity contribution in [2.75, 3.05) is 18.0 Å². The van der Waals surface area contributed by atoms with Gasteiger partial charge in [-0.25, -0.2) is 0 Å². The van der Waals surface area contributed by atoms with E-state index in [0.717, 1.165) is 37.9 Å². The van der Waals surface area contributed by atoms with E-state index in [1.54, 1.807) is 17.0 Å². The minimum atomic E-state index is -0.822. The highest BCUT2D eigenvalue weighted by Crippen LogP contribution is 2.25. The Morgan fingerprint density at radius 1 is 1.08 bits per heavy atom. The number of piperidine rings is 1. The van der Waals surface area contributed by atoms with Gasteiger partial charge in [0.05, 0.1) is 0 Å². The fourth-order valence-electron chi connectivity index (χ4n) is 3.73. The van der Waals surface area contributed by atoms with Crippen LogP contribution in [0.5, 0.6) is 0 Å². The molecule has 2 saturated heterocycles.